The third-order valence-electron chi connectivity index (χ3n) is 4.22. The van der Waals surface area contributed by atoms with Gasteiger partial charge < -0.3 is 4.74 Å². The Hall–Kier alpha value is -0.790. The lowest BCUT2D eigenvalue weighted by atomic mass is 9.94. The molecule has 0 unspecified atom stereocenters. The van der Waals surface area contributed by atoms with Crippen molar-refractivity contribution in [2.24, 2.45) is 5.41 Å². The van der Waals surface area contributed by atoms with Gasteiger partial charge in [0.25, 0.3) is 0 Å². The largest absolute Gasteiger partial charge is 0.463 e. The highest BCUT2D eigenvalue weighted by atomic mass is 16.5. The van der Waals surface area contributed by atoms with Crippen LogP contribution in [0.25, 0.3) is 0 Å². The van der Waals surface area contributed by atoms with E-state index in [9.17, 15) is 4.79 Å². The molecule has 0 aliphatic heterocycles. The van der Waals surface area contributed by atoms with E-state index in [0.29, 0.717) is 12.0 Å². The van der Waals surface area contributed by atoms with Gasteiger partial charge in [-0.05, 0) is 11.8 Å². The van der Waals surface area contributed by atoms with Gasteiger partial charge in [0, 0.05) is 6.08 Å². The summed E-state index contributed by atoms with van der Waals surface area (Å²) in [5, 5.41) is 0. The molecule has 0 heterocycles. The van der Waals surface area contributed by atoms with Gasteiger partial charge in [-0.15, -0.1) is 0 Å². The average molecular weight is 341 g/mol. The van der Waals surface area contributed by atoms with Crippen molar-refractivity contribution in [2.45, 2.75) is 112 Å². The van der Waals surface area contributed by atoms with Gasteiger partial charge in [-0.1, -0.05) is 112 Å². The number of esters is 1. The van der Waals surface area contributed by atoms with Crippen molar-refractivity contribution in [3.63, 3.8) is 0 Å². The van der Waals surface area contributed by atoms with Crippen LogP contribution < -0.4 is 0 Å². The molecule has 0 fully saturated rings. The fourth-order valence-electron chi connectivity index (χ4n) is 2.00. The Morgan fingerprint density at radius 2 is 1.21 bits per heavy atom. The second-order valence-corrected chi connectivity index (χ2v) is 7.82. The zero-order valence-electron chi connectivity index (χ0n) is 17.3. The Labute approximate surface area is 152 Å². The van der Waals surface area contributed by atoms with E-state index in [1.165, 1.54) is 76.7 Å². The number of ether oxygens (including phenoxy) is 1. The molecule has 0 spiro atoms. The molecule has 0 aromatic rings. The lowest BCUT2D eigenvalue weighted by Crippen LogP contribution is -2.01. The predicted octanol–water partition coefficient (Wildman–Crippen LogP) is 7.47. The minimum Gasteiger partial charge on any atom is -0.463 e. The molecular formula is C22H44O2. The van der Waals surface area contributed by atoms with Crippen LogP contribution in [0.2, 0.25) is 0 Å². The van der Waals surface area contributed by atoms with Crippen molar-refractivity contribution in [3.8, 4) is 0 Å². The van der Waals surface area contributed by atoms with Gasteiger partial charge >= 0.3 is 5.97 Å². The van der Waals surface area contributed by atoms with Crippen LogP contribution in [-0.4, -0.2) is 12.6 Å². The van der Waals surface area contributed by atoms with Gasteiger partial charge in [0.2, 0.25) is 0 Å². The topological polar surface area (TPSA) is 26.3 Å². The Bertz CT molecular complexity index is 276. The van der Waals surface area contributed by atoms with Crippen LogP contribution in [-0.2, 0) is 9.53 Å². The summed E-state index contributed by atoms with van der Waals surface area (Å²) >= 11 is 0. The van der Waals surface area contributed by atoms with E-state index in [-0.39, 0.29) is 5.97 Å². The van der Waals surface area contributed by atoms with E-state index in [0.717, 1.165) is 6.42 Å². The quantitative estimate of drug-likeness (QED) is 0.197. The van der Waals surface area contributed by atoms with Gasteiger partial charge in [0.15, 0.2) is 0 Å². The summed E-state index contributed by atoms with van der Waals surface area (Å²) in [6, 6.07) is 0. The van der Waals surface area contributed by atoms with Crippen LogP contribution in [0.5, 0.6) is 0 Å². The molecule has 2 heteroatoms. The summed E-state index contributed by atoms with van der Waals surface area (Å²) in [6.45, 7) is 15.1. The average Bonchev–Trinajstić information content (AvgIpc) is 2.55. The first-order valence-corrected chi connectivity index (χ1v) is 10.2. The molecule has 2 nitrogen and oxygen atoms in total. The first-order chi connectivity index (χ1) is 11.4. The number of carbonyl (C=O) groups is 1. The van der Waals surface area contributed by atoms with Crippen LogP contribution in [0.15, 0.2) is 12.7 Å². The standard InChI is InChI=1S/C16H30O2.C6H14/c1-3-5-6-7-8-9-10-11-12-13-14-15-18-16(17)4-2;1-5-6(2,3)4/h4H,2-3,5-15H2,1H3;5H2,1-4H3. The van der Waals surface area contributed by atoms with Crippen LogP contribution in [0.3, 0.4) is 0 Å². The summed E-state index contributed by atoms with van der Waals surface area (Å²) in [6.07, 6.45) is 16.9. The molecular weight excluding hydrogens is 296 g/mol. The third kappa shape index (κ3) is 26.1. The summed E-state index contributed by atoms with van der Waals surface area (Å²) in [5.74, 6) is -0.304. The second kappa shape index (κ2) is 18.5. The first-order valence-electron chi connectivity index (χ1n) is 10.2. The highest BCUT2D eigenvalue weighted by molar-refractivity contribution is 5.81. The van der Waals surface area contributed by atoms with E-state index in [4.69, 9.17) is 4.74 Å². The number of unbranched alkanes of at least 4 members (excludes halogenated alkanes) is 10. The van der Waals surface area contributed by atoms with E-state index >= 15 is 0 Å². The molecule has 144 valence electrons. The lowest BCUT2D eigenvalue weighted by molar-refractivity contribution is -0.137. The van der Waals surface area contributed by atoms with Crippen molar-refractivity contribution >= 4 is 5.97 Å². The predicted molar refractivity (Wildman–Crippen MR) is 107 cm³/mol. The minimum absolute atomic E-state index is 0.304. The lowest BCUT2D eigenvalue weighted by Gasteiger charge is -2.12. The van der Waals surface area contributed by atoms with Gasteiger partial charge in [-0.2, -0.15) is 0 Å². The molecule has 0 N–H and O–H groups in total. The molecule has 0 amide bonds. The van der Waals surface area contributed by atoms with E-state index in [2.05, 4.69) is 41.2 Å². The number of hydrogen-bond acceptors (Lipinski definition) is 2. The molecule has 0 aliphatic rings. The number of hydrogen-bond donors (Lipinski definition) is 0. The molecule has 0 atom stereocenters. The van der Waals surface area contributed by atoms with Crippen molar-refractivity contribution in [1.29, 1.82) is 0 Å². The summed E-state index contributed by atoms with van der Waals surface area (Å²) in [5.41, 5.74) is 0.542. The van der Waals surface area contributed by atoms with Crippen molar-refractivity contribution in [1.82, 2.24) is 0 Å². The SMILES string of the molecule is C=CC(=O)OCCCCCCCCCCCCC.CCC(C)(C)C. The molecule has 0 bridgehead atoms. The van der Waals surface area contributed by atoms with Crippen LogP contribution in [0, 0.1) is 5.41 Å². The summed E-state index contributed by atoms with van der Waals surface area (Å²) in [4.78, 5) is 10.8. The van der Waals surface area contributed by atoms with Crippen LogP contribution >= 0.6 is 0 Å². The van der Waals surface area contributed by atoms with Crippen molar-refractivity contribution in [2.75, 3.05) is 6.61 Å². The molecule has 0 saturated carbocycles. The zero-order chi connectivity index (χ0) is 18.7. The van der Waals surface area contributed by atoms with E-state index in [1.54, 1.807) is 0 Å². The normalized spacial score (nSPS) is 10.7. The third-order valence-corrected chi connectivity index (χ3v) is 4.22. The highest BCUT2D eigenvalue weighted by Crippen LogP contribution is 2.16. The molecule has 24 heavy (non-hydrogen) atoms. The Kier molecular flexibility index (Phi) is 19.7. The fraction of sp³-hybridized carbons (Fsp3) is 0.864. The minimum atomic E-state index is -0.304. The molecule has 0 rings (SSSR count). The Balaban J connectivity index is 0. The van der Waals surface area contributed by atoms with Crippen LogP contribution in [0.1, 0.15) is 112 Å². The maximum atomic E-state index is 10.8. The molecule has 0 radical (unpaired) electrons. The maximum Gasteiger partial charge on any atom is 0.330 e. The Morgan fingerprint density at radius 1 is 0.833 bits per heavy atom. The molecule has 0 aromatic carbocycles. The summed E-state index contributed by atoms with van der Waals surface area (Å²) in [7, 11) is 0. The van der Waals surface area contributed by atoms with E-state index < -0.39 is 0 Å². The summed E-state index contributed by atoms with van der Waals surface area (Å²) < 4.78 is 4.92. The smallest absolute Gasteiger partial charge is 0.330 e. The maximum absolute atomic E-state index is 10.8. The van der Waals surface area contributed by atoms with Gasteiger partial charge in [-0.3, -0.25) is 0 Å². The highest BCUT2D eigenvalue weighted by Gasteiger charge is 2.03. The Morgan fingerprint density at radius 3 is 1.54 bits per heavy atom. The van der Waals surface area contributed by atoms with E-state index in [1.807, 2.05) is 0 Å². The molecule has 0 aliphatic carbocycles. The fourth-order valence-corrected chi connectivity index (χ4v) is 2.00. The molecule has 0 saturated heterocycles. The number of carbonyl (C=O) groups excluding carboxylic acids is 1. The molecule has 0 aromatic heterocycles. The van der Waals surface area contributed by atoms with Gasteiger partial charge in [-0.25, -0.2) is 4.79 Å². The van der Waals surface area contributed by atoms with Crippen molar-refractivity contribution in [3.05, 3.63) is 12.7 Å². The van der Waals surface area contributed by atoms with Gasteiger partial charge in [0.05, 0.1) is 6.61 Å². The first kappa shape index (κ1) is 25.5. The van der Waals surface area contributed by atoms with Gasteiger partial charge in [0.1, 0.15) is 0 Å². The van der Waals surface area contributed by atoms with Crippen LogP contribution in [0.4, 0.5) is 0 Å². The monoisotopic (exact) mass is 340 g/mol. The second-order valence-electron chi connectivity index (χ2n) is 7.82. The van der Waals surface area contributed by atoms with Crippen molar-refractivity contribution < 1.29 is 9.53 Å². The number of rotatable bonds is 13. The zero-order valence-corrected chi connectivity index (χ0v) is 17.3.